The number of aliphatic hydroxyl groups is 1. The Morgan fingerprint density at radius 2 is 1.88 bits per heavy atom. The van der Waals surface area contributed by atoms with Gasteiger partial charge >= 0.3 is 12.2 Å². The van der Waals surface area contributed by atoms with E-state index in [1.807, 2.05) is 44.2 Å². The van der Waals surface area contributed by atoms with Gasteiger partial charge in [-0.2, -0.15) is 0 Å². The fourth-order valence-corrected chi connectivity index (χ4v) is 3.19. The monoisotopic (exact) mass is 364 g/mol. The second-order valence-corrected chi connectivity index (χ2v) is 7.41. The molecular formula is C19H28N2O5. The van der Waals surface area contributed by atoms with Crippen molar-refractivity contribution in [3.63, 3.8) is 0 Å². The minimum Gasteiger partial charge on any atom is -0.465 e. The first kappa shape index (κ1) is 20.0. The predicted molar refractivity (Wildman–Crippen MR) is 97.1 cm³/mol. The van der Waals surface area contributed by atoms with Crippen molar-refractivity contribution in [2.24, 2.45) is 0 Å². The van der Waals surface area contributed by atoms with Crippen LogP contribution in [0.3, 0.4) is 0 Å². The maximum absolute atomic E-state index is 12.2. The first-order valence-electron chi connectivity index (χ1n) is 8.96. The lowest BCUT2D eigenvalue weighted by Gasteiger charge is -2.34. The van der Waals surface area contributed by atoms with Crippen LogP contribution in [0.1, 0.15) is 45.1 Å². The van der Waals surface area contributed by atoms with E-state index < -0.39 is 29.9 Å². The van der Waals surface area contributed by atoms with Crippen LogP contribution >= 0.6 is 0 Å². The summed E-state index contributed by atoms with van der Waals surface area (Å²) in [6.45, 7) is 3.72. The molecule has 3 atom stereocenters. The highest BCUT2D eigenvalue weighted by Crippen LogP contribution is 2.21. The van der Waals surface area contributed by atoms with Gasteiger partial charge in [-0.1, -0.05) is 30.3 Å². The number of hydrogen-bond donors (Lipinski definition) is 4. The van der Waals surface area contributed by atoms with Crippen molar-refractivity contribution in [1.29, 1.82) is 0 Å². The third-order valence-corrected chi connectivity index (χ3v) is 4.68. The molecule has 1 fully saturated rings. The van der Waals surface area contributed by atoms with Crippen molar-refractivity contribution in [2.45, 2.75) is 69.7 Å². The third-order valence-electron chi connectivity index (χ3n) is 4.68. The van der Waals surface area contributed by atoms with E-state index >= 15 is 0 Å². The number of carboxylic acid groups (broad SMARTS) is 1. The van der Waals surface area contributed by atoms with Gasteiger partial charge < -0.3 is 25.6 Å². The summed E-state index contributed by atoms with van der Waals surface area (Å²) in [5.74, 6) is 0. The smallest absolute Gasteiger partial charge is 0.407 e. The van der Waals surface area contributed by atoms with E-state index in [0.29, 0.717) is 19.3 Å². The molecule has 0 bridgehead atoms. The van der Waals surface area contributed by atoms with Gasteiger partial charge in [0.25, 0.3) is 0 Å². The molecule has 1 aliphatic carbocycles. The zero-order valence-electron chi connectivity index (χ0n) is 15.3. The Morgan fingerprint density at radius 1 is 1.19 bits per heavy atom. The number of aliphatic hydroxyl groups excluding tert-OH is 1. The van der Waals surface area contributed by atoms with Gasteiger partial charge in [-0.25, -0.2) is 9.59 Å². The number of ether oxygens (including phenoxy) is 1. The van der Waals surface area contributed by atoms with Crippen LogP contribution in [0.2, 0.25) is 0 Å². The predicted octanol–water partition coefficient (Wildman–Crippen LogP) is 2.67. The Balaban J connectivity index is 1.77. The molecule has 1 aliphatic rings. The molecule has 0 saturated heterocycles. The minimum atomic E-state index is -1.10. The lowest BCUT2D eigenvalue weighted by Crippen LogP contribution is -2.52. The highest BCUT2D eigenvalue weighted by Gasteiger charge is 2.32. The second kappa shape index (κ2) is 8.89. The summed E-state index contributed by atoms with van der Waals surface area (Å²) < 4.78 is 5.53. The Bertz CT molecular complexity index is 605. The molecule has 0 radical (unpaired) electrons. The van der Waals surface area contributed by atoms with Gasteiger partial charge in [-0.05, 0) is 51.5 Å². The number of hydrogen-bond acceptors (Lipinski definition) is 4. The fourth-order valence-electron chi connectivity index (χ4n) is 3.19. The number of carbonyl (C=O) groups is 2. The molecule has 0 aliphatic heterocycles. The van der Waals surface area contributed by atoms with Crippen molar-refractivity contribution in [3.8, 4) is 0 Å². The first-order chi connectivity index (χ1) is 12.2. The van der Waals surface area contributed by atoms with Gasteiger partial charge in [0.1, 0.15) is 5.60 Å². The van der Waals surface area contributed by atoms with E-state index in [9.17, 15) is 14.7 Å². The van der Waals surface area contributed by atoms with Crippen LogP contribution < -0.4 is 10.6 Å². The van der Waals surface area contributed by atoms with Gasteiger partial charge in [0.05, 0.1) is 12.1 Å². The molecule has 0 spiro atoms. The van der Waals surface area contributed by atoms with Crippen LogP contribution in [0.25, 0.3) is 0 Å². The van der Waals surface area contributed by atoms with E-state index in [1.165, 1.54) is 5.56 Å². The highest BCUT2D eigenvalue weighted by molar-refractivity contribution is 5.68. The second-order valence-electron chi connectivity index (χ2n) is 7.41. The van der Waals surface area contributed by atoms with Crippen LogP contribution in [-0.4, -0.2) is 46.2 Å². The van der Waals surface area contributed by atoms with Crippen molar-refractivity contribution in [1.82, 2.24) is 10.6 Å². The first-order valence-corrected chi connectivity index (χ1v) is 8.96. The number of amides is 2. The van der Waals surface area contributed by atoms with Crippen LogP contribution in [0, 0.1) is 0 Å². The molecule has 1 aromatic rings. The summed E-state index contributed by atoms with van der Waals surface area (Å²) in [4.78, 5) is 22.9. The van der Waals surface area contributed by atoms with Gasteiger partial charge in [0.2, 0.25) is 0 Å². The largest absolute Gasteiger partial charge is 0.465 e. The topological polar surface area (TPSA) is 108 Å². The lowest BCUT2D eigenvalue weighted by atomic mass is 9.89. The van der Waals surface area contributed by atoms with Crippen LogP contribution in [0.4, 0.5) is 9.59 Å². The maximum Gasteiger partial charge on any atom is 0.407 e. The lowest BCUT2D eigenvalue weighted by molar-refractivity contribution is 0.0190. The minimum absolute atomic E-state index is 0.272. The van der Waals surface area contributed by atoms with Crippen LogP contribution in [-0.2, 0) is 11.2 Å². The fraction of sp³-hybridized carbons (Fsp3) is 0.579. The molecule has 144 valence electrons. The molecule has 0 aromatic heterocycles. The summed E-state index contributed by atoms with van der Waals surface area (Å²) in [5, 5.41) is 24.0. The Hall–Kier alpha value is -2.28. The summed E-state index contributed by atoms with van der Waals surface area (Å²) >= 11 is 0. The molecule has 4 N–H and O–H groups in total. The van der Waals surface area contributed by atoms with E-state index in [0.717, 1.165) is 6.42 Å². The SMILES string of the molecule is CC(C)(CCc1ccccc1)OC(=O)N[C@@H]1CC[C@@H](NC(=O)O)C[C@@H]1O. The number of nitrogens with one attached hydrogen (secondary N) is 2. The van der Waals surface area contributed by atoms with Crippen molar-refractivity contribution in [3.05, 3.63) is 35.9 Å². The standard InChI is InChI=1S/C19H28N2O5/c1-19(2,11-10-13-6-4-3-5-7-13)26-18(25)21-15-9-8-14(12-16(15)22)20-17(23)24/h3-7,14-16,20,22H,8-12H2,1-2H3,(H,21,25)(H,23,24)/t14-,15-,16+/m1/s1. The zero-order chi connectivity index (χ0) is 19.2. The van der Waals surface area contributed by atoms with E-state index in [4.69, 9.17) is 9.84 Å². The van der Waals surface area contributed by atoms with Gasteiger partial charge in [0, 0.05) is 6.04 Å². The molecular weight excluding hydrogens is 336 g/mol. The number of aryl methyl sites for hydroxylation is 1. The molecule has 7 heteroatoms. The average molecular weight is 364 g/mol. The molecule has 26 heavy (non-hydrogen) atoms. The molecule has 0 unspecified atom stereocenters. The Morgan fingerprint density at radius 3 is 2.50 bits per heavy atom. The number of carbonyl (C=O) groups excluding carboxylic acids is 1. The molecule has 1 saturated carbocycles. The molecule has 7 nitrogen and oxygen atoms in total. The third kappa shape index (κ3) is 6.55. The van der Waals surface area contributed by atoms with E-state index in [-0.39, 0.29) is 12.5 Å². The highest BCUT2D eigenvalue weighted by atomic mass is 16.6. The van der Waals surface area contributed by atoms with Gasteiger partial charge in [-0.15, -0.1) is 0 Å². The molecule has 1 aromatic carbocycles. The summed E-state index contributed by atoms with van der Waals surface area (Å²) in [7, 11) is 0. The molecule has 2 amide bonds. The number of alkyl carbamates (subject to hydrolysis) is 1. The van der Waals surface area contributed by atoms with Crippen molar-refractivity contribution >= 4 is 12.2 Å². The quantitative estimate of drug-likeness (QED) is 0.621. The Labute approximate surface area is 153 Å². The Kier molecular flexibility index (Phi) is 6.85. The van der Waals surface area contributed by atoms with Gasteiger partial charge in [0.15, 0.2) is 0 Å². The number of benzene rings is 1. The van der Waals surface area contributed by atoms with Crippen LogP contribution in [0.15, 0.2) is 30.3 Å². The maximum atomic E-state index is 12.2. The summed E-state index contributed by atoms with van der Waals surface area (Å²) in [5.41, 5.74) is 0.552. The average Bonchev–Trinajstić information content (AvgIpc) is 2.55. The summed E-state index contributed by atoms with van der Waals surface area (Å²) in [6, 6.07) is 9.27. The van der Waals surface area contributed by atoms with Crippen LogP contribution in [0.5, 0.6) is 0 Å². The zero-order valence-corrected chi connectivity index (χ0v) is 15.3. The molecule has 0 heterocycles. The normalized spacial score (nSPS) is 23.1. The molecule has 2 rings (SSSR count). The van der Waals surface area contributed by atoms with Gasteiger partial charge in [-0.3, -0.25) is 0 Å². The van der Waals surface area contributed by atoms with Crippen molar-refractivity contribution in [2.75, 3.05) is 0 Å². The van der Waals surface area contributed by atoms with E-state index in [2.05, 4.69) is 10.6 Å². The van der Waals surface area contributed by atoms with Crippen molar-refractivity contribution < 1.29 is 24.5 Å². The summed E-state index contributed by atoms with van der Waals surface area (Å²) in [6.07, 6.45) is 0.342. The van der Waals surface area contributed by atoms with E-state index in [1.54, 1.807) is 0 Å². The number of rotatable bonds is 6.